The standard InChI is InChI=1S/C22H20F3N3O6/c1-33-20-17-22(32)28-9-2-3-10(4-9)34-15(28)8-27(17)7-12(18(20)29)21(31)26-6-11-13(23)5-14(24)19(30)16(11)25/h5,7,9-10,15,30H,2-4,6,8H2,1H3,(H,26,31)/t9-,10+,15+/m0/s1. The van der Waals surface area contributed by atoms with Crippen molar-refractivity contribution >= 4 is 11.8 Å². The number of ether oxygens (including phenoxy) is 2. The van der Waals surface area contributed by atoms with E-state index in [1.165, 1.54) is 17.9 Å². The fraction of sp³-hybridized carbons (Fsp3) is 0.409. The number of hydrogen-bond acceptors (Lipinski definition) is 6. The highest BCUT2D eigenvalue weighted by molar-refractivity contribution is 5.99. The van der Waals surface area contributed by atoms with Crippen LogP contribution in [-0.4, -0.2) is 51.9 Å². The number of phenolic OH excluding ortho intramolecular Hbond substituents is 1. The molecule has 0 radical (unpaired) electrons. The predicted octanol–water partition coefficient (Wildman–Crippen LogP) is 1.64. The molecule has 3 atom stereocenters. The third kappa shape index (κ3) is 3.31. The van der Waals surface area contributed by atoms with Crippen molar-refractivity contribution in [3.8, 4) is 11.5 Å². The molecule has 0 unspecified atom stereocenters. The number of rotatable bonds is 4. The average molecular weight is 479 g/mol. The number of fused-ring (bicyclic) bond motifs is 5. The first-order valence-corrected chi connectivity index (χ1v) is 10.6. The van der Waals surface area contributed by atoms with E-state index in [2.05, 4.69) is 5.32 Å². The minimum absolute atomic E-state index is 0.00435. The molecule has 1 saturated heterocycles. The molecule has 5 rings (SSSR count). The number of nitrogens with one attached hydrogen (secondary N) is 1. The molecular weight excluding hydrogens is 459 g/mol. The van der Waals surface area contributed by atoms with Gasteiger partial charge in [-0.3, -0.25) is 14.4 Å². The van der Waals surface area contributed by atoms with Gasteiger partial charge in [0.2, 0.25) is 5.43 Å². The smallest absolute Gasteiger partial charge is 0.276 e. The number of hydrogen-bond donors (Lipinski definition) is 2. The first kappa shape index (κ1) is 22.3. The minimum Gasteiger partial charge on any atom is -0.503 e. The maximum absolute atomic E-state index is 14.0. The van der Waals surface area contributed by atoms with Gasteiger partial charge in [0, 0.05) is 30.4 Å². The fourth-order valence-corrected chi connectivity index (χ4v) is 4.93. The predicted molar refractivity (Wildman–Crippen MR) is 109 cm³/mol. The maximum Gasteiger partial charge on any atom is 0.276 e. The molecule has 2 amide bonds. The second-order valence-electron chi connectivity index (χ2n) is 8.46. The van der Waals surface area contributed by atoms with E-state index >= 15 is 0 Å². The summed E-state index contributed by atoms with van der Waals surface area (Å²) in [6.45, 7) is -0.601. The van der Waals surface area contributed by atoms with Gasteiger partial charge < -0.3 is 29.4 Å². The highest BCUT2D eigenvalue weighted by Crippen LogP contribution is 2.39. The number of carbonyl (C=O) groups excluding carboxylic acids is 2. The Kier molecular flexibility index (Phi) is 5.27. The normalized spacial score (nSPS) is 22.9. The van der Waals surface area contributed by atoms with Gasteiger partial charge >= 0.3 is 0 Å². The van der Waals surface area contributed by atoms with Crippen LogP contribution < -0.4 is 15.5 Å². The Hall–Kier alpha value is -3.54. The zero-order valence-corrected chi connectivity index (χ0v) is 17.9. The van der Waals surface area contributed by atoms with Gasteiger partial charge in [-0.15, -0.1) is 0 Å². The molecule has 180 valence electrons. The van der Waals surface area contributed by atoms with Crippen molar-refractivity contribution in [1.29, 1.82) is 0 Å². The van der Waals surface area contributed by atoms with Crippen molar-refractivity contribution in [3.63, 3.8) is 0 Å². The second kappa shape index (κ2) is 8.05. The van der Waals surface area contributed by atoms with Gasteiger partial charge in [0.05, 0.1) is 19.8 Å². The molecule has 1 aliphatic carbocycles. The van der Waals surface area contributed by atoms with Gasteiger partial charge in [0.15, 0.2) is 35.1 Å². The maximum atomic E-state index is 14.0. The Morgan fingerprint density at radius 1 is 1.26 bits per heavy atom. The van der Waals surface area contributed by atoms with Gasteiger partial charge in [-0.25, -0.2) is 13.2 Å². The Labute approximate surface area is 190 Å². The number of aromatic nitrogens is 1. The average Bonchev–Trinajstić information content (AvgIpc) is 3.18. The lowest BCUT2D eigenvalue weighted by Gasteiger charge is -2.44. The number of amides is 2. The van der Waals surface area contributed by atoms with Crippen molar-refractivity contribution in [2.45, 2.75) is 50.7 Å². The van der Waals surface area contributed by atoms with E-state index in [4.69, 9.17) is 9.47 Å². The van der Waals surface area contributed by atoms with Crippen LogP contribution in [0.15, 0.2) is 17.1 Å². The monoisotopic (exact) mass is 479 g/mol. The van der Waals surface area contributed by atoms with Gasteiger partial charge in [-0.05, 0) is 19.3 Å². The van der Waals surface area contributed by atoms with Gasteiger partial charge in [-0.2, -0.15) is 0 Å². The zero-order chi connectivity index (χ0) is 24.3. The lowest BCUT2D eigenvalue weighted by molar-refractivity contribution is -0.132. The van der Waals surface area contributed by atoms with E-state index in [-0.39, 0.29) is 36.2 Å². The molecule has 1 aromatic heterocycles. The Morgan fingerprint density at radius 2 is 2.03 bits per heavy atom. The quantitative estimate of drug-likeness (QED) is 0.690. The molecule has 2 N–H and O–H groups in total. The summed E-state index contributed by atoms with van der Waals surface area (Å²) < 4.78 is 53.9. The summed E-state index contributed by atoms with van der Waals surface area (Å²) in [5.74, 6) is -7.51. The van der Waals surface area contributed by atoms with Crippen molar-refractivity contribution in [3.05, 3.63) is 56.8 Å². The van der Waals surface area contributed by atoms with E-state index in [1.807, 2.05) is 0 Å². The summed E-state index contributed by atoms with van der Waals surface area (Å²) in [5, 5.41) is 11.5. The van der Waals surface area contributed by atoms with E-state index in [9.17, 15) is 32.7 Å². The molecule has 2 bridgehead atoms. The van der Waals surface area contributed by atoms with Crippen LogP contribution in [0, 0.1) is 17.5 Å². The topological polar surface area (TPSA) is 110 Å². The first-order chi connectivity index (χ1) is 16.2. The summed E-state index contributed by atoms with van der Waals surface area (Å²) in [7, 11) is 1.20. The molecule has 1 saturated carbocycles. The molecular formula is C22H20F3N3O6. The second-order valence-corrected chi connectivity index (χ2v) is 8.46. The largest absolute Gasteiger partial charge is 0.503 e. The summed E-state index contributed by atoms with van der Waals surface area (Å²) in [4.78, 5) is 40.6. The molecule has 34 heavy (non-hydrogen) atoms. The number of aromatic hydroxyl groups is 1. The van der Waals surface area contributed by atoms with Crippen LogP contribution in [0.3, 0.4) is 0 Å². The number of carbonyl (C=O) groups is 2. The summed E-state index contributed by atoms with van der Waals surface area (Å²) in [6, 6.07) is 0.287. The first-order valence-electron chi connectivity index (χ1n) is 10.6. The highest BCUT2D eigenvalue weighted by atomic mass is 19.1. The Morgan fingerprint density at radius 3 is 2.76 bits per heavy atom. The van der Waals surface area contributed by atoms with E-state index in [0.717, 1.165) is 19.3 Å². The summed E-state index contributed by atoms with van der Waals surface area (Å²) in [6.07, 6.45) is 3.02. The molecule has 2 aromatic rings. The molecule has 12 heteroatoms. The van der Waals surface area contributed by atoms with Crippen LogP contribution in [0.5, 0.6) is 11.5 Å². The third-order valence-electron chi connectivity index (χ3n) is 6.55. The van der Waals surface area contributed by atoms with Crippen molar-refractivity contribution < 1.29 is 37.3 Å². The number of benzene rings is 1. The molecule has 1 aromatic carbocycles. The van der Waals surface area contributed by atoms with Crippen LogP contribution in [0.2, 0.25) is 0 Å². The zero-order valence-electron chi connectivity index (χ0n) is 17.9. The van der Waals surface area contributed by atoms with Crippen LogP contribution in [0.25, 0.3) is 0 Å². The third-order valence-corrected chi connectivity index (χ3v) is 6.55. The van der Waals surface area contributed by atoms with Crippen LogP contribution in [0.4, 0.5) is 13.2 Å². The Balaban J connectivity index is 1.47. The van der Waals surface area contributed by atoms with Crippen LogP contribution in [-0.2, 0) is 17.8 Å². The number of halogens is 3. The highest BCUT2D eigenvalue weighted by Gasteiger charge is 2.47. The molecule has 2 fully saturated rings. The molecule has 9 nitrogen and oxygen atoms in total. The van der Waals surface area contributed by atoms with Crippen molar-refractivity contribution in [2.24, 2.45) is 0 Å². The fourth-order valence-electron chi connectivity index (χ4n) is 4.93. The van der Waals surface area contributed by atoms with Gasteiger partial charge in [-0.1, -0.05) is 0 Å². The number of pyridine rings is 1. The lowest BCUT2D eigenvalue weighted by atomic mass is 10.1. The number of phenols is 1. The number of methoxy groups -OCH3 is 1. The van der Waals surface area contributed by atoms with E-state index < -0.39 is 64.3 Å². The Bertz CT molecular complexity index is 1280. The minimum atomic E-state index is -1.56. The lowest BCUT2D eigenvalue weighted by Crippen LogP contribution is -2.57. The van der Waals surface area contributed by atoms with E-state index in [0.29, 0.717) is 0 Å². The SMILES string of the molecule is COc1c2n(cc(C(=O)NCc3c(F)cc(F)c(O)c3F)c1=O)C[C@H]1O[C@@H]3CC[C@@H](C3)N1C2=O. The van der Waals surface area contributed by atoms with Crippen LogP contribution >= 0.6 is 0 Å². The van der Waals surface area contributed by atoms with E-state index in [1.54, 1.807) is 4.90 Å². The summed E-state index contributed by atoms with van der Waals surface area (Å²) >= 11 is 0. The van der Waals surface area contributed by atoms with Crippen molar-refractivity contribution in [2.75, 3.05) is 7.11 Å². The van der Waals surface area contributed by atoms with Crippen LogP contribution in [0.1, 0.15) is 45.7 Å². The molecule has 3 heterocycles. The molecule has 3 aliphatic rings. The summed E-state index contributed by atoms with van der Waals surface area (Å²) in [5.41, 5.74) is -2.08. The molecule has 2 aliphatic heterocycles. The van der Waals surface area contributed by atoms with Gasteiger partial charge in [0.25, 0.3) is 11.8 Å². The van der Waals surface area contributed by atoms with Gasteiger partial charge in [0.1, 0.15) is 11.4 Å². The molecule has 0 spiro atoms. The van der Waals surface area contributed by atoms with Crippen molar-refractivity contribution in [1.82, 2.24) is 14.8 Å². The number of nitrogens with zero attached hydrogens (tertiary/aromatic N) is 2.